The molecular formula is C10H13ClO2S. The molecule has 0 spiro atoms. The fourth-order valence-corrected chi connectivity index (χ4v) is 2.59. The highest BCUT2D eigenvalue weighted by atomic mass is 35.5. The minimum absolute atomic E-state index is 0.163. The molecule has 0 fully saturated rings. The number of aryl methyl sites for hydroxylation is 2. The lowest BCUT2D eigenvalue weighted by atomic mass is 10.2. The van der Waals surface area contributed by atoms with E-state index in [2.05, 4.69) is 10.8 Å². The standard InChI is InChI=1S/C10H13ClO2S/c1-7-8(6-11)5-9(14-7)3-4-10(12)13-2/h5H,3-4,6H2,1-2H3. The van der Waals surface area contributed by atoms with Crippen LogP contribution >= 0.6 is 22.9 Å². The minimum atomic E-state index is -0.163. The lowest BCUT2D eigenvalue weighted by Crippen LogP contribution is -2.00. The van der Waals surface area contributed by atoms with Crippen molar-refractivity contribution in [2.75, 3.05) is 7.11 Å². The number of esters is 1. The Balaban J connectivity index is 2.55. The van der Waals surface area contributed by atoms with E-state index >= 15 is 0 Å². The third-order valence-corrected chi connectivity index (χ3v) is 3.46. The van der Waals surface area contributed by atoms with Crippen LogP contribution in [0, 0.1) is 6.92 Å². The third kappa shape index (κ3) is 3.00. The van der Waals surface area contributed by atoms with E-state index < -0.39 is 0 Å². The van der Waals surface area contributed by atoms with Crippen LogP contribution in [0.2, 0.25) is 0 Å². The van der Waals surface area contributed by atoms with Crippen LogP contribution < -0.4 is 0 Å². The number of alkyl halides is 1. The van der Waals surface area contributed by atoms with Crippen molar-refractivity contribution in [3.63, 3.8) is 0 Å². The molecule has 78 valence electrons. The van der Waals surface area contributed by atoms with E-state index in [1.807, 2.05) is 6.92 Å². The zero-order chi connectivity index (χ0) is 10.6. The molecule has 0 radical (unpaired) electrons. The minimum Gasteiger partial charge on any atom is -0.469 e. The fourth-order valence-electron chi connectivity index (χ4n) is 1.17. The van der Waals surface area contributed by atoms with Crippen molar-refractivity contribution in [2.24, 2.45) is 0 Å². The van der Waals surface area contributed by atoms with Gasteiger partial charge in [0.1, 0.15) is 0 Å². The summed E-state index contributed by atoms with van der Waals surface area (Å²) in [6, 6.07) is 2.07. The van der Waals surface area contributed by atoms with Gasteiger partial charge in [0.15, 0.2) is 0 Å². The van der Waals surface area contributed by atoms with E-state index in [1.165, 1.54) is 16.9 Å². The summed E-state index contributed by atoms with van der Waals surface area (Å²) in [5.41, 5.74) is 1.16. The Morgan fingerprint density at radius 3 is 2.86 bits per heavy atom. The second kappa shape index (κ2) is 5.37. The van der Waals surface area contributed by atoms with Crippen molar-refractivity contribution in [1.29, 1.82) is 0 Å². The van der Waals surface area contributed by atoms with Gasteiger partial charge < -0.3 is 4.74 Å². The fraction of sp³-hybridized carbons (Fsp3) is 0.500. The van der Waals surface area contributed by atoms with E-state index in [0.717, 1.165) is 12.0 Å². The van der Waals surface area contributed by atoms with E-state index in [9.17, 15) is 4.79 Å². The van der Waals surface area contributed by atoms with Crippen LogP contribution in [0.3, 0.4) is 0 Å². The molecule has 2 nitrogen and oxygen atoms in total. The smallest absolute Gasteiger partial charge is 0.305 e. The molecule has 1 heterocycles. The Morgan fingerprint density at radius 2 is 2.36 bits per heavy atom. The number of carbonyl (C=O) groups is 1. The predicted molar refractivity (Wildman–Crippen MR) is 59.0 cm³/mol. The van der Waals surface area contributed by atoms with Crippen molar-refractivity contribution in [2.45, 2.75) is 25.6 Å². The number of carbonyl (C=O) groups excluding carboxylic acids is 1. The van der Waals surface area contributed by atoms with Crippen LogP contribution in [-0.2, 0) is 21.8 Å². The van der Waals surface area contributed by atoms with Crippen molar-refractivity contribution in [1.82, 2.24) is 0 Å². The van der Waals surface area contributed by atoms with Gasteiger partial charge in [-0.1, -0.05) is 0 Å². The van der Waals surface area contributed by atoms with Crippen LogP contribution in [0.4, 0.5) is 0 Å². The van der Waals surface area contributed by atoms with E-state index in [4.69, 9.17) is 11.6 Å². The number of hydrogen-bond acceptors (Lipinski definition) is 3. The predicted octanol–water partition coefficient (Wildman–Crippen LogP) is 2.90. The number of rotatable bonds is 4. The second-order valence-corrected chi connectivity index (χ2v) is 4.61. The highest BCUT2D eigenvalue weighted by molar-refractivity contribution is 7.12. The zero-order valence-corrected chi connectivity index (χ0v) is 9.87. The van der Waals surface area contributed by atoms with Gasteiger partial charge in [-0.15, -0.1) is 22.9 Å². The first-order valence-corrected chi connectivity index (χ1v) is 5.73. The summed E-state index contributed by atoms with van der Waals surface area (Å²) in [7, 11) is 1.41. The normalized spacial score (nSPS) is 10.2. The topological polar surface area (TPSA) is 26.3 Å². The Hall–Kier alpha value is -0.540. The van der Waals surface area contributed by atoms with Crippen molar-refractivity contribution in [3.05, 3.63) is 21.4 Å². The summed E-state index contributed by atoms with van der Waals surface area (Å²) in [6.45, 7) is 2.05. The molecule has 0 bridgehead atoms. The van der Waals surface area contributed by atoms with Crippen molar-refractivity contribution in [3.8, 4) is 0 Å². The molecule has 0 aliphatic heterocycles. The lowest BCUT2D eigenvalue weighted by Gasteiger charge is -1.95. The second-order valence-electron chi connectivity index (χ2n) is 3.00. The number of thiophene rings is 1. The summed E-state index contributed by atoms with van der Waals surface area (Å²) in [6.07, 6.45) is 1.19. The number of ether oxygens (including phenoxy) is 1. The Labute approximate surface area is 92.8 Å². The Bertz CT molecular complexity index is 320. The Morgan fingerprint density at radius 1 is 1.64 bits per heavy atom. The molecule has 0 aliphatic rings. The van der Waals surface area contributed by atoms with E-state index in [-0.39, 0.29) is 5.97 Å². The molecule has 1 aromatic rings. The number of methoxy groups -OCH3 is 1. The molecule has 0 aromatic carbocycles. The first kappa shape index (κ1) is 11.5. The van der Waals surface area contributed by atoms with Crippen molar-refractivity contribution >= 4 is 28.9 Å². The number of hydrogen-bond donors (Lipinski definition) is 0. The first-order chi connectivity index (χ1) is 6.67. The van der Waals surface area contributed by atoms with Crippen LogP contribution in [0.15, 0.2) is 6.07 Å². The average molecular weight is 233 g/mol. The van der Waals surface area contributed by atoms with Crippen molar-refractivity contribution < 1.29 is 9.53 Å². The molecule has 1 rings (SSSR count). The van der Waals surface area contributed by atoms with Gasteiger partial charge in [-0.2, -0.15) is 0 Å². The SMILES string of the molecule is COC(=O)CCc1cc(CCl)c(C)s1. The van der Waals surface area contributed by atoms with Gasteiger partial charge in [0.05, 0.1) is 13.5 Å². The summed E-state index contributed by atoms with van der Waals surface area (Å²) in [5.74, 6) is 0.379. The third-order valence-electron chi connectivity index (χ3n) is 2.02. The van der Waals surface area contributed by atoms with E-state index in [0.29, 0.717) is 12.3 Å². The molecule has 0 amide bonds. The maximum absolute atomic E-state index is 10.9. The van der Waals surface area contributed by atoms with Crippen LogP contribution in [0.1, 0.15) is 21.7 Å². The molecule has 0 saturated heterocycles. The van der Waals surface area contributed by atoms with Gasteiger partial charge in [-0.3, -0.25) is 4.79 Å². The molecule has 0 N–H and O–H groups in total. The Kier molecular flexibility index (Phi) is 4.42. The summed E-state index contributed by atoms with van der Waals surface area (Å²) < 4.78 is 4.57. The van der Waals surface area contributed by atoms with Gasteiger partial charge in [-0.05, 0) is 25.0 Å². The molecule has 0 atom stereocenters. The van der Waals surface area contributed by atoms with Gasteiger partial charge in [0.25, 0.3) is 0 Å². The summed E-state index contributed by atoms with van der Waals surface area (Å²) >= 11 is 7.45. The van der Waals surface area contributed by atoms with Gasteiger partial charge in [0.2, 0.25) is 0 Å². The van der Waals surface area contributed by atoms with Gasteiger partial charge in [0, 0.05) is 15.6 Å². The highest BCUT2D eigenvalue weighted by Crippen LogP contribution is 2.24. The monoisotopic (exact) mass is 232 g/mol. The van der Waals surface area contributed by atoms with Gasteiger partial charge >= 0.3 is 5.97 Å². The molecule has 0 unspecified atom stereocenters. The molecule has 0 aliphatic carbocycles. The highest BCUT2D eigenvalue weighted by Gasteiger charge is 2.06. The maximum atomic E-state index is 10.9. The van der Waals surface area contributed by atoms with E-state index in [1.54, 1.807) is 11.3 Å². The quantitative estimate of drug-likeness (QED) is 0.590. The van der Waals surface area contributed by atoms with Gasteiger partial charge in [-0.25, -0.2) is 0 Å². The summed E-state index contributed by atoms with van der Waals surface area (Å²) in [5, 5.41) is 0. The van der Waals surface area contributed by atoms with Crippen LogP contribution in [0.25, 0.3) is 0 Å². The van der Waals surface area contributed by atoms with Crippen LogP contribution in [0.5, 0.6) is 0 Å². The number of halogens is 1. The van der Waals surface area contributed by atoms with Crippen LogP contribution in [-0.4, -0.2) is 13.1 Å². The molecule has 14 heavy (non-hydrogen) atoms. The molecule has 4 heteroatoms. The largest absolute Gasteiger partial charge is 0.469 e. The lowest BCUT2D eigenvalue weighted by molar-refractivity contribution is -0.140. The first-order valence-electron chi connectivity index (χ1n) is 4.38. The zero-order valence-electron chi connectivity index (χ0n) is 8.30. The molecule has 1 aromatic heterocycles. The molecule has 0 saturated carbocycles. The maximum Gasteiger partial charge on any atom is 0.305 e. The molecular weight excluding hydrogens is 220 g/mol. The average Bonchev–Trinajstić information content (AvgIpc) is 2.55. The summed E-state index contributed by atoms with van der Waals surface area (Å²) in [4.78, 5) is 13.3.